The minimum atomic E-state index is -0.371. The van der Waals surface area contributed by atoms with Gasteiger partial charge in [-0.3, -0.25) is 4.79 Å². The van der Waals surface area contributed by atoms with E-state index >= 15 is 0 Å². The Balaban J connectivity index is 1.79. The third-order valence-electron chi connectivity index (χ3n) is 3.09. The van der Waals surface area contributed by atoms with Crippen LogP contribution in [0.15, 0.2) is 58.2 Å². The molecule has 0 aliphatic rings. The van der Waals surface area contributed by atoms with E-state index in [1.807, 2.05) is 18.2 Å². The van der Waals surface area contributed by atoms with E-state index in [1.54, 1.807) is 24.3 Å². The molecule has 110 valence electrons. The van der Waals surface area contributed by atoms with Crippen molar-refractivity contribution in [1.82, 2.24) is 5.43 Å². The molecule has 22 heavy (non-hydrogen) atoms. The molecule has 1 heterocycles. The van der Waals surface area contributed by atoms with E-state index in [0.29, 0.717) is 26.8 Å². The van der Waals surface area contributed by atoms with Gasteiger partial charge in [-0.2, -0.15) is 5.10 Å². The summed E-state index contributed by atoms with van der Waals surface area (Å²) in [5, 5.41) is 5.53. The number of fused-ring (bicyclic) bond motifs is 1. The Morgan fingerprint density at radius 3 is 2.59 bits per heavy atom. The van der Waals surface area contributed by atoms with Gasteiger partial charge in [0.2, 0.25) is 0 Å². The Kier molecular flexibility index (Phi) is 4.13. The molecule has 0 unspecified atom stereocenters. The molecule has 3 rings (SSSR count). The quantitative estimate of drug-likeness (QED) is 0.567. The first-order chi connectivity index (χ1) is 10.7. The van der Waals surface area contributed by atoms with Crippen LogP contribution in [-0.4, -0.2) is 12.1 Å². The van der Waals surface area contributed by atoms with Crippen LogP contribution >= 0.6 is 23.2 Å². The van der Waals surface area contributed by atoms with Crippen molar-refractivity contribution < 1.29 is 9.21 Å². The van der Waals surface area contributed by atoms with Crippen molar-refractivity contribution in [2.75, 3.05) is 0 Å². The molecule has 0 atom stereocenters. The fourth-order valence-electron chi connectivity index (χ4n) is 2.00. The molecule has 0 aliphatic heterocycles. The maximum Gasteiger partial charge on any atom is 0.275 e. The molecule has 0 spiro atoms. The molecule has 0 aliphatic carbocycles. The zero-order chi connectivity index (χ0) is 15.5. The number of carbonyl (C=O) groups excluding carboxylic acids is 1. The largest absolute Gasteiger partial charge is 0.463 e. The number of rotatable bonds is 3. The number of benzene rings is 2. The van der Waals surface area contributed by atoms with Crippen molar-refractivity contribution in [2.24, 2.45) is 5.10 Å². The van der Waals surface area contributed by atoms with E-state index < -0.39 is 0 Å². The van der Waals surface area contributed by atoms with Gasteiger partial charge >= 0.3 is 0 Å². The van der Waals surface area contributed by atoms with Gasteiger partial charge in [-0.1, -0.05) is 47.5 Å². The van der Waals surface area contributed by atoms with Crippen LogP contribution in [-0.2, 0) is 0 Å². The first-order valence-corrected chi connectivity index (χ1v) is 7.16. The predicted octanol–water partition coefficient (Wildman–Crippen LogP) is 4.50. The molecule has 0 saturated carbocycles. The van der Waals surface area contributed by atoms with Crippen molar-refractivity contribution in [3.63, 3.8) is 0 Å². The second-order valence-corrected chi connectivity index (χ2v) is 5.29. The molecule has 4 nitrogen and oxygen atoms in total. The van der Waals surface area contributed by atoms with Crippen LogP contribution in [0.2, 0.25) is 10.0 Å². The molecular weight excluding hydrogens is 323 g/mol. The molecule has 3 aromatic rings. The number of furan rings is 1. The van der Waals surface area contributed by atoms with Gasteiger partial charge in [0.1, 0.15) is 11.8 Å². The summed E-state index contributed by atoms with van der Waals surface area (Å²) in [6.07, 6.45) is 2.81. The molecule has 1 amide bonds. The minimum Gasteiger partial charge on any atom is -0.463 e. The van der Waals surface area contributed by atoms with Crippen LogP contribution in [0, 0.1) is 0 Å². The molecule has 1 aromatic heterocycles. The molecule has 6 heteroatoms. The second kappa shape index (κ2) is 6.22. The van der Waals surface area contributed by atoms with Crippen LogP contribution < -0.4 is 5.43 Å². The highest BCUT2D eigenvalue weighted by atomic mass is 35.5. The first-order valence-electron chi connectivity index (χ1n) is 6.40. The lowest BCUT2D eigenvalue weighted by Crippen LogP contribution is -2.17. The van der Waals surface area contributed by atoms with Crippen molar-refractivity contribution in [1.29, 1.82) is 0 Å². The summed E-state index contributed by atoms with van der Waals surface area (Å²) in [7, 11) is 0. The van der Waals surface area contributed by atoms with Crippen LogP contribution in [0.25, 0.3) is 11.0 Å². The van der Waals surface area contributed by atoms with Crippen molar-refractivity contribution in [3.8, 4) is 0 Å². The van der Waals surface area contributed by atoms with Crippen molar-refractivity contribution >= 4 is 46.3 Å². The van der Waals surface area contributed by atoms with E-state index in [-0.39, 0.29) is 5.91 Å². The predicted molar refractivity (Wildman–Crippen MR) is 87.7 cm³/mol. The zero-order valence-corrected chi connectivity index (χ0v) is 12.7. The van der Waals surface area contributed by atoms with Crippen LogP contribution in [0.5, 0.6) is 0 Å². The highest BCUT2D eigenvalue weighted by molar-refractivity contribution is 6.38. The van der Waals surface area contributed by atoms with Gasteiger partial charge in [-0.05, 0) is 18.2 Å². The van der Waals surface area contributed by atoms with Crippen molar-refractivity contribution in [3.05, 3.63) is 69.9 Å². The number of carbonyl (C=O) groups is 1. The van der Waals surface area contributed by atoms with E-state index in [0.717, 1.165) is 5.39 Å². The summed E-state index contributed by atoms with van der Waals surface area (Å²) >= 11 is 12.0. The van der Waals surface area contributed by atoms with Gasteiger partial charge < -0.3 is 4.42 Å². The van der Waals surface area contributed by atoms with Crippen LogP contribution in [0.4, 0.5) is 0 Å². The van der Waals surface area contributed by atoms with E-state index in [2.05, 4.69) is 10.5 Å². The lowest BCUT2D eigenvalue weighted by atomic mass is 10.2. The van der Waals surface area contributed by atoms with Gasteiger partial charge in [0.25, 0.3) is 5.91 Å². The van der Waals surface area contributed by atoms with Gasteiger partial charge in [0, 0.05) is 10.9 Å². The molecule has 0 fully saturated rings. The number of amides is 1. The Morgan fingerprint density at radius 1 is 1.09 bits per heavy atom. The van der Waals surface area contributed by atoms with Crippen LogP contribution in [0.1, 0.15) is 15.9 Å². The number of nitrogens with zero attached hydrogens (tertiary/aromatic N) is 1. The van der Waals surface area contributed by atoms with E-state index in [1.165, 1.54) is 12.5 Å². The first kappa shape index (κ1) is 14.6. The Labute approximate surface area is 136 Å². The normalized spacial score (nSPS) is 11.2. The summed E-state index contributed by atoms with van der Waals surface area (Å²) in [5.41, 5.74) is 4.04. The molecule has 0 bridgehead atoms. The summed E-state index contributed by atoms with van der Waals surface area (Å²) in [4.78, 5) is 12.1. The topological polar surface area (TPSA) is 54.6 Å². The highest BCUT2D eigenvalue weighted by Gasteiger charge is 2.12. The average molecular weight is 333 g/mol. The van der Waals surface area contributed by atoms with Gasteiger partial charge in [0.15, 0.2) is 0 Å². The van der Waals surface area contributed by atoms with E-state index in [9.17, 15) is 4.79 Å². The monoisotopic (exact) mass is 332 g/mol. The van der Waals surface area contributed by atoms with Gasteiger partial charge in [0.05, 0.1) is 21.8 Å². The lowest BCUT2D eigenvalue weighted by molar-refractivity contribution is 0.0956. The Bertz CT molecular complexity index is 851. The minimum absolute atomic E-state index is 0.371. The lowest BCUT2D eigenvalue weighted by Gasteiger charge is -2.01. The SMILES string of the molecule is O=C(N/N=C/c1c(Cl)cccc1Cl)c1coc2ccccc12. The summed E-state index contributed by atoms with van der Waals surface area (Å²) in [5.74, 6) is -0.371. The third kappa shape index (κ3) is 2.84. The number of nitrogens with one attached hydrogen (secondary N) is 1. The second-order valence-electron chi connectivity index (χ2n) is 4.48. The maximum atomic E-state index is 12.1. The molecule has 1 N–H and O–H groups in total. The maximum absolute atomic E-state index is 12.1. The summed E-state index contributed by atoms with van der Waals surface area (Å²) in [6.45, 7) is 0. The fourth-order valence-corrected chi connectivity index (χ4v) is 2.50. The number of hydrogen-bond donors (Lipinski definition) is 1. The average Bonchev–Trinajstić information content (AvgIpc) is 2.94. The summed E-state index contributed by atoms with van der Waals surface area (Å²) < 4.78 is 5.32. The molecule has 2 aromatic carbocycles. The highest BCUT2D eigenvalue weighted by Crippen LogP contribution is 2.22. The molecule has 0 saturated heterocycles. The van der Waals surface area contributed by atoms with Gasteiger partial charge in [-0.15, -0.1) is 0 Å². The van der Waals surface area contributed by atoms with Crippen LogP contribution in [0.3, 0.4) is 0 Å². The number of halogens is 2. The summed E-state index contributed by atoms with van der Waals surface area (Å²) in [6, 6.07) is 12.4. The van der Waals surface area contributed by atoms with Gasteiger partial charge in [-0.25, -0.2) is 5.43 Å². The zero-order valence-electron chi connectivity index (χ0n) is 11.2. The van der Waals surface area contributed by atoms with E-state index in [4.69, 9.17) is 27.6 Å². The number of hydrogen-bond acceptors (Lipinski definition) is 3. The van der Waals surface area contributed by atoms with Crippen molar-refractivity contribution in [2.45, 2.75) is 0 Å². The third-order valence-corrected chi connectivity index (χ3v) is 3.74. The smallest absolute Gasteiger partial charge is 0.275 e. The number of hydrazone groups is 1. The molecular formula is C16H10Cl2N2O2. The number of para-hydroxylation sites is 1. The Hall–Kier alpha value is -2.30. The Morgan fingerprint density at radius 2 is 1.82 bits per heavy atom. The standard InChI is InChI=1S/C16H10Cl2N2O2/c17-13-5-3-6-14(18)11(13)8-19-20-16(21)12-9-22-15-7-2-1-4-10(12)15/h1-9H,(H,20,21)/b19-8+. The fraction of sp³-hybridized carbons (Fsp3) is 0. The molecule has 0 radical (unpaired) electrons.